The number of phenolic OH excluding ortho intramolecular Hbond substituents is 1. The highest BCUT2D eigenvalue weighted by Gasteiger charge is 2.53. The molecule has 0 aromatic heterocycles. The number of carbonyl (C=O) groups is 5. The molecule has 2 unspecified atom stereocenters. The second kappa shape index (κ2) is 19.0. The minimum atomic E-state index is -2.09. The number of amides is 2. The second-order valence-electron chi connectivity index (χ2n) is 18.7. The molecule has 6 heterocycles. The molecule has 1 aromatic rings. The van der Waals surface area contributed by atoms with Gasteiger partial charge in [0.05, 0.1) is 54.5 Å². The maximum Gasteiger partial charge on any atom is 0.410 e. The van der Waals surface area contributed by atoms with Crippen LogP contribution in [0.25, 0.3) is 0 Å². The van der Waals surface area contributed by atoms with Gasteiger partial charge in [0, 0.05) is 88.1 Å². The Morgan fingerprint density at radius 2 is 1.55 bits per heavy atom. The maximum absolute atomic E-state index is 14.8. The highest BCUT2D eigenvalue weighted by atomic mass is 16.7. The molecule has 7 aliphatic rings. The van der Waals surface area contributed by atoms with Crippen LogP contribution in [0.15, 0.2) is 47.5 Å². The molecule has 0 spiro atoms. The number of phenols is 1. The third-order valence-corrected chi connectivity index (χ3v) is 14.5. The zero-order valence-electron chi connectivity index (χ0n) is 38.8. The summed E-state index contributed by atoms with van der Waals surface area (Å²) < 4.78 is 30.0. The van der Waals surface area contributed by atoms with Gasteiger partial charge >= 0.3 is 11.9 Å². The highest BCUT2D eigenvalue weighted by molar-refractivity contribution is 6.32. The van der Waals surface area contributed by atoms with E-state index >= 15 is 0 Å². The number of methoxy groups -OCH3 is 1. The summed E-state index contributed by atoms with van der Waals surface area (Å²) in [7, 11) is 1.46. The summed E-state index contributed by atoms with van der Waals surface area (Å²) in [6, 6.07) is 0. The molecule has 65 heavy (non-hydrogen) atoms. The third kappa shape index (κ3) is 8.85. The molecule has 8 rings (SSSR count). The second-order valence-corrected chi connectivity index (χ2v) is 18.7. The number of benzene rings is 1. The standard InChI is InChI=1S/C48H64N4O13/c1-10-50-20-30-22-52(23-31(30)21-50)47(60)64-43-26(4)32(61-9)14-17-63-48(8)45(58)35-33-34(40(55)29(7)44(35)65-48)41(56)36(37(42(33)57)51-15-18-62-19-16-51)49-46(59)25(3)13-11-12-24(2)38(53)27(5)39(54)28(43)6/h11-14,17,24,26-28,30-32,38-39,43,53-55H,10,15-16,18-23H2,1-9H3,(H,49,59)/t24-,26+,27+,28+,30?,31?,32-,38-,39+,43+,48-/m0/s1. The van der Waals surface area contributed by atoms with Crippen LogP contribution >= 0.6 is 0 Å². The molecule has 1 aromatic carbocycles. The molecule has 3 fully saturated rings. The van der Waals surface area contributed by atoms with Crippen molar-refractivity contribution in [1.82, 2.24) is 20.0 Å². The van der Waals surface area contributed by atoms with Crippen LogP contribution in [0.5, 0.6) is 11.5 Å². The molecule has 0 radical (unpaired) electrons. The third-order valence-electron chi connectivity index (χ3n) is 14.5. The summed E-state index contributed by atoms with van der Waals surface area (Å²) in [5, 5.41) is 37.7. The predicted octanol–water partition coefficient (Wildman–Crippen LogP) is 3.75. The van der Waals surface area contributed by atoms with Gasteiger partial charge in [-0.15, -0.1) is 0 Å². The fraction of sp³-hybridized carbons (Fsp3) is 0.604. The molecule has 4 N–H and O–H groups in total. The first kappa shape index (κ1) is 47.9. The molecule has 1 aliphatic carbocycles. The summed E-state index contributed by atoms with van der Waals surface area (Å²) in [5.41, 5.74) is -1.44. The number of rotatable bonds is 4. The number of hydrogen-bond acceptors (Lipinski definition) is 15. The van der Waals surface area contributed by atoms with Crippen molar-refractivity contribution in [2.24, 2.45) is 35.5 Å². The Hall–Kier alpha value is -5.07. The van der Waals surface area contributed by atoms with Gasteiger partial charge in [-0.3, -0.25) is 19.2 Å². The molecule has 11 atom stereocenters. The number of fused-ring (bicyclic) bond motifs is 15. The molecule has 354 valence electrons. The van der Waals surface area contributed by atoms with E-state index in [1.54, 1.807) is 42.7 Å². The summed E-state index contributed by atoms with van der Waals surface area (Å²) in [4.78, 5) is 77.4. The fourth-order valence-corrected chi connectivity index (χ4v) is 10.3. The van der Waals surface area contributed by atoms with Gasteiger partial charge in [-0.2, -0.15) is 0 Å². The smallest absolute Gasteiger partial charge is 0.410 e. The Morgan fingerprint density at radius 3 is 2.18 bits per heavy atom. The van der Waals surface area contributed by atoms with Crippen molar-refractivity contribution in [1.29, 1.82) is 0 Å². The Morgan fingerprint density at radius 1 is 0.892 bits per heavy atom. The quantitative estimate of drug-likeness (QED) is 0.339. The van der Waals surface area contributed by atoms with Crippen molar-refractivity contribution in [3.8, 4) is 11.5 Å². The number of hydrogen-bond donors (Lipinski definition) is 4. The van der Waals surface area contributed by atoms with Crippen molar-refractivity contribution in [3.63, 3.8) is 0 Å². The number of nitrogens with one attached hydrogen (secondary N) is 1. The van der Waals surface area contributed by atoms with Gasteiger partial charge in [-0.1, -0.05) is 52.8 Å². The number of nitrogens with zero attached hydrogens (tertiary/aromatic N) is 3. The molecule has 17 heteroatoms. The van der Waals surface area contributed by atoms with Crippen molar-refractivity contribution < 1.29 is 63.0 Å². The number of aromatic hydroxyl groups is 1. The first-order valence-corrected chi connectivity index (χ1v) is 22.7. The van der Waals surface area contributed by atoms with E-state index in [2.05, 4.69) is 17.1 Å². The predicted molar refractivity (Wildman–Crippen MR) is 236 cm³/mol. The number of aliphatic hydroxyl groups excluding tert-OH is 2. The topological polar surface area (TPSA) is 214 Å². The van der Waals surface area contributed by atoms with Gasteiger partial charge in [-0.05, 0) is 38.3 Å². The molecular weight excluding hydrogens is 841 g/mol. The highest BCUT2D eigenvalue weighted by Crippen LogP contribution is 2.49. The lowest BCUT2D eigenvalue weighted by atomic mass is 9.78. The number of ketones is 3. The van der Waals surface area contributed by atoms with Crippen LogP contribution < -0.4 is 10.1 Å². The molecule has 6 aliphatic heterocycles. The maximum atomic E-state index is 14.8. The van der Waals surface area contributed by atoms with Gasteiger partial charge < -0.3 is 59.0 Å². The lowest BCUT2D eigenvalue weighted by molar-refractivity contribution is -0.116. The summed E-state index contributed by atoms with van der Waals surface area (Å²) in [6.07, 6.45) is 2.97. The number of Topliss-reactive ketones (excluding diaryl/α,β-unsaturated/α-hetero) is 3. The number of carbonyl (C=O) groups excluding carboxylic acids is 5. The van der Waals surface area contributed by atoms with Gasteiger partial charge in [0.25, 0.3) is 11.7 Å². The van der Waals surface area contributed by atoms with Crippen molar-refractivity contribution in [2.75, 3.05) is 66.1 Å². The molecule has 17 nitrogen and oxygen atoms in total. The average molecular weight is 905 g/mol. The largest absolute Gasteiger partial charge is 0.507 e. The van der Waals surface area contributed by atoms with E-state index in [4.69, 9.17) is 23.7 Å². The van der Waals surface area contributed by atoms with Gasteiger partial charge in [0.1, 0.15) is 29.0 Å². The number of morpholine rings is 1. The number of aliphatic hydroxyl groups is 2. The Bertz CT molecular complexity index is 2200. The number of allylic oxidation sites excluding steroid dienone is 4. The zero-order chi connectivity index (χ0) is 47.2. The van der Waals surface area contributed by atoms with Crippen molar-refractivity contribution in [3.05, 3.63) is 69.8 Å². The van der Waals surface area contributed by atoms with E-state index in [1.807, 2.05) is 6.92 Å². The van der Waals surface area contributed by atoms with Crippen molar-refractivity contribution >= 4 is 29.4 Å². The van der Waals surface area contributed by atoms with E-state index in [-0.39, 0.29) is 65.7 Å². The van der Waals surface area contributed by atoms with Crippen LogP contribution in [-0.2, 0) is 23.7 Å². The summed E-state index contributed by atoms with van der Waals surface area (Å²) in [6.45, 7) is 18.2. The van der Waals surface area contributed by atoms with E-state index in [9.17, 15) is 39.3 Å². The van der Waals surface area contributed by atoms with Crippen LogP contribution in [0.3, 0.4) is 0 Å². The summed E-state index contributed by atoms with van der Waals surface area (Å²) in [5.74, 6) is -7.91. The first-order valence-electron chi connectivity index (χ1n) is 22.7. The Balaban J connectivity index is 1.27. The van der Waals surface area contributed by atoms with Crippen LogP contribution in [0.4, 0.5) is 4.79 Å². The van der Waals surface area contributed by atoms with Gasteiger partial charge in [0.15, 0.2) is 0 Å². The van der Waals surface area contributed by atoms with Gasteiger partial charge in [0.2, 0.25) is 11.6 Å². The minimum Gasteiger partial charge on any atom is -0.507 e. The minimum absolute atomic E-state index is 0.00670. The number of ether oxygens (including phenoxy) is 5. The Labute approximate surface area is 380 Å². The molecular formula is C48H64N4O13. The lowest BCUT2D eigenvalue weighted by Crippen LogP contribution is -2.48. The molecule has 5 bridgehead atoms. The Kier molecular flexibility index (Phi) is 14.0. The zero-order valence-corrected chi connectivity index (χ0v) is 38.8. The monoisotopic (exact) mass is 904 g/mol. The molecule has 0 saturated carbocycles. The van der Waals surface area contributed by atoms with Crippen LogP contribution in [-0.4, -0.2) is 156 Å². The van der Waals surface area contributed by atoms with E-state index in [0.29, 0.717) is 24.9 Å². The molecule has 3 saturated heterocycles. The lowest BCUT2D eigenvalue weighted by Gasteiger charge is -2.38. The fourth-order valence-electron chi connectivity index (χ4n) is 10.3. The summed E-state index contributed by atoms with van der Waals surface area (Å²) >= 11 is 0. The SMILES string of the molecule is CCN1CC2CN(C(=O)O[C@H]3[C@H](C)[C@H](O)[C@H](C)[C@@H](O)[C@@H](C)C=CC=C(C)C(=O)NC4=C(N5CCOCC5)C(=O)c5c(c(O)c(C)c6c5C(=O)[C@@](C)(OC=C[C@H](OC)[C@H]3C)O6)C4=O)CC2C1. The first-order chi connectivity index (χ1) is 30.8. The van der Waals surface area contributed by atoms with E-state index in [0.717, 1.165) is 19.6 Å². The normalized spacial score (nSPS) is 33.8. The van der Waals surface area contributed by atoms with E-state index < -0.39 is 94.5 Å². The van der Waals surface area contributed by atoms with Crippen LogP contribution in [0.2, 0.25) is 0 Å². The molecule has 2 amide bonds. The number of likely N-dealkylation sites (tertiary alicyclic amines) is 2. The van der Waals surface area contributed by atoms with Crippen molar-refractivity contribution in [2.45, 2.75) is 85.6 Å². The average Bonchev–Trinajstić information content (AvgIpc) is 3.96. The van der Waals surface area contributed by atoms with Crippen LogP contribution in [0.1, 0.15) is 85.1 Å². The van der Waals surface area contributed by atoms with Gasteiger partial charge in [-0.25, -0.2) is 4.79 Å². The van der Waals surface area contributed by atoms with E-state index in [1.165, 1.54) is 46.3 Å². The van der Waals surface area contributed by atoms with Crippen LogP contribution in [0, 0.1) is 42.4 Å².